The highest BCUT2D eigenvalue weighted by molar-refractivity contribution is 6.31. The molecule has 1 N–H and O–H groups in total. The fourth-order valence-electron chi connectivity index (χ4n) is 2.85. The summed E-state index contributed by atoms with van der Waals surface area (Å²) in [6, 6.07) is 20.7. The zero-order valence-electron chi connectivity index (χ0n) is 14.7. The fourth-order valence-corrected chi connectivity index (χ4v) is 3.02. The van der Waals surface area contributed by atoms with E-state index in [9.17, 15) is 4.79 Å². The topological polar surface area (TPSA) is 55.1 Å². The maximum absolute atomic E-state index is 12.3. The standard InChI is InChI=1S/C22H17ClN2O2/c1-14-5-7-15(8-6-14)11-21(26)24-18-4-2-3-16(12-18)22-25-19-13-17(23)9-10-20(19)27-22/h2-10,12-13H,11H2,1H3,(H,24,26). The molecule has 0 spiro atoms. The van der Waals surface area contributed by atoms with Crippen LogP contribution in [0.15, 0.2) is 71.1 Å². The third-order valence-electron chi connectivity index (χ3n) is 4.23. The van der Waals surface area contributed by atoms with Crippen molar-refractivity contribution in [1.82, 2.24) is 4.98 Å². The van der Waals surface area contributed by atoms with Crippen LogP contribution >= 0.6 is 11.6 Å². The molecule has 0 saturated heterocycles. The van der Waals surface area contributed by atoms with Gasteiger partial charge in [0.2, 0.25) is 11.8 Å². The number of nitrogens with zero attached hydrogens (tertiary/aromatic N) is 1. The third kappa shape index (κ3) is 4.01. The number of hydrogen-bond donors (Lipinski definition) is 1. The van der Waals surface area contributed by atoms with Gasteiger partial charge in [-0.15, -0.1) is 0 Å². The summed E-state index contributed by atoms with van der Waals surface area (Å²) in [6.07, 6.45) is 0.325. The van der Waals surface area contributed by atoms with Gasteiger partial charge in [-0.1, -0.05) is 47.5 Å². The predicted octanol–water partition coefficient (Wildman–Crippen LogP) is 5.64. The Hall–Kier alpha value is -3.11. The number of amides is 1. The first-order valence-electron chi connectivity index (χ1n) is 8.59. The van der Waals surface area contributed by atoms with Crippen molar-refractivity contribution < 1.29 is 9.21 Å². The Morgan fingerprint density at radius 2 is 1.89 bits per heavy atom. The lowest BCUT2D eigenvalue weighted by atomic mass is 10.1. The molecule has 0 fully saturated rings. The summed E-state index contributed by atoms with van der Waals surface area (Å²) in [5.41, 5.74) is 5.01. The number of rotatable bonds is 4. The molecule has 134 valence electrons. The van der Waals surface area contributed by atoms with Crippen LogP contribution in [0.2, 0.25) is 5.02 Å². The van der Waals surface area contributed by atoms with Crippen molar-refractivity contribution in [3.05, 3.63) is 82.9 Å². The average Bonchev–Trinajstić information content (AvgIpc) is 3.07. The monoisotopic (exact) mass is 376 g/mol. The summed E-state index contributed by atoms with van der Waals surface area (Å²) in [6.45, 7) is 2.02. The summed E-state index contributed by atoms with van der Waals surface area (Å²) in [4.78, 5) is 16.8. The lowest BCUT2D eigenvalue weighted by molar-refractivity contribution is -0.115. The van der Waals surface area contributed by atoms with Crippen molar-refractivity contribution in [2.24, 2.45) is 0 Å². The number of halogens is 1. The molecule has 0 bridgehead atoms. The number of oxazole rings is 1. The van der Waals surface area contributed by atoms with Crippen LogP contribution in [0.4, 0.5) is 5.69 Å². The van der Waals surface area contributed by atoms with Crippen molar-refractivity contribution in [1.29, 1.82) is 0 Å². The van der Waals surface area contributed by atoms with Crippen LogP contribution in [-0.4, -0.2) is 10.9 Å². The lowest BCUT2D eigenvalue weighted by Gasteiger charge is -2.07. The molecule has 0 atom stereocenters. The molecular formula is C22H17ClN2O2. The van der Waals surface area contributed by atoms with Crippen LogP contribution in [0.1, 0.15) is 11.1 Å². The first-order valence-corrected chi connectivity index (χ1v) is 8.96. The Morgan fingerprint density at radius 3 is 2.70 bits per heavy atom. The number of aromatic nitrogens is 1. The molecule has 1 heterocycles. The van der Waals surface area contributed by atoms with E-state index in [0.29, 0.717) is 34.1 Å². The minimum Gasteiger partial charge on any atom is -0.436 e. The normalized spacial score (nSPS) is 10.9. The van der Waals surface area contributed by atoms with Gasteiger partial charge in [0.1, 0.15) is 5.52 Å². The molecule has 0 unspecified atom stereocenters. The Morgan fingerprint density at radius 1 is 1.07 bits per heavy atom. The SMILES string of the molecule is Cc1ccc(CC(=O)Nc2cccc(-c3nc4cc(Cl)ccc4o3)c2)cc1. The van der Waals surface area contributed by atoms with Crippen LogP contribution < -0.4 is 5.32 Å². The lowest BCUT2D eigenvalue weighted by Crippen LogP contribution is -2.14. The van der Waals surface area contributed by atoms with Gasteiger partial charge in [0.25, 0.3) is 0 Å². The quantitative estimate of drug-likeness (QED) is 0.501. The predicted molar refractivity (Wildman–Crippen MR) is 108 cm³/mol. The van der Waals surface area contributed by atoms with Crippen molar-refractivity contribution in [3.8, 4) is 11.5 Å². The van der Waals surface area contributed by atoms with Gasteiger partial charge in [0.05, 0.1) is 6.42 Å². The number of hydrogen-bond acceptors (Lipinski definition) is 3. The molecule has 4 nitrogen and oxygen atoms in total. The second kappa shape index (κ2) is 7.25. The minimum absolute atomic E-state index is 0.0691. The molecule has 0 saturated carbocycles. The zero-order chi connectivity index (χ0) is 18.8. The molecule has 0 aliphatic heterocycles. The molecule has 0 aliphatic rings. The molecule has 3 aromatic carbocycles. The molecule has 27 heavy (non-hydrogen) atoms. The van der Waals surface area contributed by atoms with Crippen molar-refractivity contribution in [2.45, 2.75) is 13.3 Å². The Kier molecular flexibility index (Phi) is 4.65. The number of nitrogens with one attached hydrogen (secondary N) is 1. The summed E-state index contributed by atoms with van der Waals surface area (Å²) in [5, 5.41) is 3.54. The number of carbonyl (C=O) groups is 1. The van der Waals surface area contributed by atoms with Crippen molar-refractivity contribution in [3.63, 3.8) is 0 Å². The smallest absolute Gasteiger partial charge is 0.228 e. The van der Waals surface area contributed by atoms with Crippen LogP contribution in [-0.2, 0) is 11.2 Å². The molecular weight excluding hydrogens is 360 g/mol. The zero-order valence-corrected chi connectivity index (χ0v) is 15.5. The highest BCUT2D eigenvalue weighted by Crippen LogP contribution is 2.27. The van der Waals surface area contributed by atoms with Gasteiger partial charge in [0.15, 0.2) is 5.58 Å². The van der Waals surface area contributed by atoms with E-state index < -0.39 is 0 Å². The highest BCUT2D eigenvalue weighted by atomic mass is 35.5. The Balaban J connectivity index is 1.52. The van der Waals surface area contributed by atoms with Crippen molar-refractivity contribution >= 4 is 34.3 Å². The third-order valence-corrected chi connectivity index (χ3v) is 4.46. The average molecular weight is 377 g/mol. The van der Waals surface area contributed by atoms with Crippen LogP contribution in [0.25, 0.3) is 22.6 Å². The summed E-state index contributed by atoms with van der Waals surface area (Å²) in [5.74, 6) is 0.419. The Bertz CT molecular complexity index is 1120. The van der Waals surface area contributed by atoms with E-state index in [1.807, 2.05) is 55.5 Å². The molecule has 1 amide bonds. The molecule has 0 radical (unpaired) electrons. The highest BCUT2D eigenvalue weighted by Gasteiger charge is 2.10. The van der Waals surface area contributed by atoms with Gasteiger partial charge in [0, 0.05) is 16.3 Å². The van der Waals surface area contributed by atoms with Gasteiger partial charge < -0.3 is 9.73 Å². The van der Waals surface area contributed by atoms with E-state index in [4.69, 9.17) is 16.0 Å². The summed E-state index contributed by atoms with van der Waals surface area (Å²) >= 11 is 6.00. The first kappa shape index (κ1) is 17.3. The van der Waals surface area contributed by atoms with Gasteiger partial charge in [-0.25, -0.2) is 4.98 Å². The minimum atomic E-state index is -0.0691. The molecule has 5 heteroatoms. The van der Waals surface area contributed by atoms with Gasteiger partial charge in [-0.05, 0) is 48.9 Å². The second-order valence-electron chi connectivity index (χ2n) is 6.42. The molecule has 1 aromatic heterocycles. The summed E-state index contributed by atoms with van der Waals surface area (Å²) in [7, 11) is 0. The second-order valence-corrected chi connectivity index (χ2v) is 6.86. The molecule has 4 aromatic rings. The van der Waals surface area contributed by atoms with Crippen molar-refractivity contribution in [2.75, 3.05) is 5.32 Å². The van der Waals surface area contributed by atoms with E-state index in [1.54, 1.807) is 18.2 Å². The van der Waals surface area contributed by atoms with E-state index in [1.165, 1.54) is 5.56 Å². The number of fused-ring (bicyclic) bond motifs is 1. The largest absolute Gasteiger partial charge is 0.436 e. The van der Waals surface area contributed by atoms with Gasteiger partial charge in [-0.3, -0.25) is 4.79 Å². The number of anilines is 1. The van der Waals surface area contributed by atoms with Crippen LogP contribution in [0, 0.1) is 6.92 Å². The molecule has 0 aliphatic carbocycles. The van der Waals surface area contributed by atoms with Gasteiger partial charge >= 0.3 is 0 Å². The fraction of sp³-hybridized carbons (Fsp3) is 0.0909. The van der Waals surface area contributed by atoms with Crippen LogP contribution in [0.5, 0.6) is 0 Å². The first-order chi connectivity index (χ1) is 13.1. The number of benzene rings is 3. The van der Waals surface area contributed by atoms with Crippen LogP contribution in [0.3, 0.4) is 0 Å². The number of aryl methyl sites for hydroxylation is 1. The number of carbonyl (C=O) groups excluding carboxylic acids is 1. The summed E-state index contributed by atoms with van der Waals surface area (Å²) < 4.78 is 5.79. The van der Waals surface area contributed by atoms with E-state index >= 15 is 0 Å². The maximum atomic E-state index is 12.3. The van der Waals surface area contributed by atoms with Gasteiger partial charge in [-0.2, -0.15) is 0 Å². The van der Waals surface area contributed by atoms with E-state index in [0.717, 1.165) is 11.1 Å². The Labute approximate surface area is 161 Å². The van der Waals surface area contributed by atoms with E-state index in [2.05, 4.69) is 10.3 Å². The maximum Gasteiger partial charge on any atom is 0.228 e. The van der Waals surface area contributed by atoms with E-state index in [-0.39, 0.29) is 5.91 Å². The molecule has 4 rings (SSSR count).